The lowest BCUT2D eigenvalue weighted by Gasteiger charge is -2.32. The zero-order valence-corrected chi connectivity index (χ0v) is 14.6. The molecule has 3 heteroatoms. The van der Waals surface area contributed by atoms with Crippen molar-refractivity contribution in [3.8, 4) is 0 Å². The molecule has 1 fully saturated rings. The highest BCUT2D eigenvalue weighted by atomic mass is 16.7. The quantitative estimate of drug-likeness (QED) is 0.775. The van der Waals surface area contributed by atoms with E-state index in [9.17, 15) is 0 Å². The molecule has 0 N–H and O–H groups in total. The first-order valence-electron chi connectivity index (χ1n) is 8.13. The molecule has 2 nitrogen and oxygen atoms in total. The topological polar surface area (TPSA) is 18.5 Å². The van der Waals surface area contributed by atoms with Crippen LogP contribution in [0.2, 0.25) is 0 Å². The number of hydrogen-bond acceptors (Lipinski definition) is 2. The second-order valence-electron chi connectivity index (χ2n) is 7.51. The van der Waals surface area contributed by atoms with Gasteiger partial charge in [0.15, 0.2) is 0 Å². The van der Waals surface area contributed by atoms with Gasteiger partial charge in [-0.05, 0) is 57.0 Å². The summed E-state index contributed by atoms with van der Waals surface area (Å²) in [6.07, 6.45) is 1.17. The van der Waals surface area contributed by atoms with E-state index in [1.807, 2.05) is 0 Å². The first-order chi connectivity index (χ1) is 9.68. The summed E-state index contributed by atoms with van der Waals surface area (Å²) in [7, 11) is -0.261. The van der Waals surface area contributed by atoms with Crippen LogP contribution in [-0.2, 0) is 9.31 Å². The van der Waals surface area contributed by atoms with Gasteiger partial charge in [0, 0.05) is 0 Å². The van der Waals surface area contributed by atoms with Gasteiger partial charge in [0.05, 0.1) is 11.2 Å². The second kappa shape index (κ2) is 5.77. The average Bonchev–Trinajstić information content (AvgIpc) is 2.59. The summed E-state index contributed by atoms with van der Waals surface area (Å²) in [6.45, 7) is 15.2. The molecule has 1 heterocycles. The molecule has 0 amide bonds. The predicted molar refractivity (Wildman–Crippen MR) is 90.0 cm³/mol. The van der Waals surface area contributed by atoms with E-state index in [0.29, 0.717) is 11.8 Å². The second-order valence-corrected chi connectivity index (χ2v) is 7.51. The van der Waals surface area contributed by atoms with Crippen LogP contribution in [0.3, 0.4) is 0 Å². The van der Waals surface area contributed by atoms with Gasteiger partial charge < -0.3 is 9.31 Å². The minimum atomic E-state index is -0.278. The fourth-order valence-corrected chi connectivity index (χ4v) is 2.97. The monoisotopic (exact) mass is 288 g/mol. The van der Waals surface area contributed by atoms with Crippen LogP contribution in [0.15, 0.2) is 24.3 Å². The lowest BCUT2D eigenvalue weighted by Crippen LogP contribution is -2.41. The van der Waals surface area contributed by atoms with E-state index in [4.69, 9.17) is 9.31 Å². The van der Waals surface area contributed by atoms with Crippen molar-refractivity contribution in [2.24, 2.45) is 5.92 Å². The molecule has 1 saturated heterocycles. The molecule has 0 aliphatic carbocycles. The maximum absolute atomic E-state index is 6.10. The summed E-state index contributed by atoms with van der Waals surface area (Å²) in [5.41, 5.74) is 1.96. The Morgan fingerprint density at radius 2 is 1.43 bits per heavy atom. The van der Waals surface area contributed by atoms with Crippen molar-refractivity contribution in [2.45, 2.75) is 72.0 Å². The van der Waals surface area contributed by atoms with Crippen molar-refractivity contribution in [3.63, 3.8) is 0 Å². The third kappa shape index (κ3) is 3.19. The minimum absolute atomic E-state index is 0.261. The van der Waals surface area contributed by atoms with Crippen LogP contribution in [0.25, 0.3) is 0 Å². The number of hydrogen-bond donors (Lipinski definition) is 0. The molecule has 0 aromatic heterocycles. The zero-order chi connectivity index (χ0) is 15.8. The Hall–Kier alpha value is -0.795. The Morgan fingerprint density at radius 3 is 1.81 bits per heavy atom. The first-order valence-corrected chi connectivity index (χ1v) is 8.13. The van der Waals surface area contributed by atoms with Crippen LogP contribution in [0.5, 0.6) is 0 Å². The molecule has 0 spiro atoms. The third-order valence-electron chi connectivity index (χ3n) is 5.13. The van der Waals surface area contributed by atoms with Gasteiger partial charge in [0.25, 0.3) is 0 Å². The van der Waals surface area contributed by atoms with E-state index in [1.165, 1.54) is 12.0 Å². The largest absolute Gasteiger partial charge is 0.494 e. The molecular formula is C18H29BO2. The van der Waals surface area contributed by atoms with Gasteiger partial charge in [-0.25, -0.2) is 0 Å². The highest BCUT2D eigenvalue weighted by molar-refractivity contribution is 6.62. The van der Waals surface area contributed by atoms with Crippen molar-refractivity contribution in [3.05, 3.63) is 29.8 Å². The van der Waals surface area contributed by atoms with E-state index in [2.05, 4.69) is 72.7 Å². The van der Waals surface area contributed by atoms with Crippen LogP contribution >= 0.6 is 0 Å². The van der Waals surface area contributed by atoms with Crippen LogP contribution in [0.1, 0.15) is 66.4 Å². The molecule has 2 rings (SSSR count). The number of benzene rings is 1. The Labute approximate surface area is 130 Å². The summed E-state index contributed by atoms with van der Waals surface area (Å²) in [4.78, 5) is 0. The summed E-state index contributed by atoms with van der Waals surface area (Å²) in [6, 6.07) is 8.77. The Balaban J connectivity index is 2.17. The van der Waals surface area contributed by atoms with Crippen LogP contribution in [-0.4, -0.2) is 18.3 Å². The maximum atomic E-state index is 6.10. The molecule has 1 aromatic rings. The zero-order valence-electron chi connectivity index (χ0n) is 14.6. The van der Waals surface area contributed by atoms with Crippen LogP contribution in [0.4, 0.5) is 0 Å². The molecule has 1 atom stereocenters. The van der Waals surface area contributed by atoms with Gasteiger partial charge in [-0.3, -0.25) is 0 Å². The smallest absolute Gasteiger partial charge is 0.399 e. The van der Waals surface area contributed by atoms with Gasteiger partial charge in [-0.1, -0.05) is 45.0 Å². The van der Waals surface area contributed by atoms with Crippen molar-refractivity contribution in [2.75, 3.05) is 0 Å². The van der Waals surface area contributed by atoms with Crippen molar-refractivity contribution in [1.29, 1.82) is 0 Å². The van der Waals surface area contributed by atoms with E-state index in [-0.39, 0.29) is 18.3 Å². The molecule has 0 radical (unpaired) electrons. The molecule has 0 bridgehead atoms. The van der Waals surface area contributed by atoms with Crippen molar-refractivity contribution >= 4 is 12.6 Å². The van der Waals surface area contributed by atoms with Gasteiger partial charge in [0.2, 0.25) is 0 Å². The summed E-state index contributed by atoms with van der Waals surface area (Å²) < 4.78 is 12.2. The Bertz CT molecular complexity index is 460. The van der Waals surface area contributed by atoms with E-state index in [1.54, 1.807) is 0 Å². The Morgan fingerprint density at radius 1 is 0.952 bits per heavy atom. The Kier molecular flexibility index (Phi) is 4.56. The van der Waals surface area contributed by atoms with Gasteiger partial charge in [-0.2, -0.15) is 0 Å². The standard InChI is InChI=1S/C18H29BO2/c1-8-16(13(2)3)14-9-11-15(12-10-14)19-20-17(4,5)18(6,7)21-19/h9-13,16H,8H2,1-7H3. The van der Waals surface area contributed by atoms with Gasteiger partial charge in [0.1, 0.15) is 0 Å². The molecule has 1 aliphatic heterocycles. The van der Waals surface area contributed by atoms with Crippen molar-refractivity contribution < 1.29 is 9.31 Å². The summed E-state index contributed by atoms with van der Waals surface area (Å²) in [5, 5.41) is 0. The lowest BCUT2D eigenvalue weighted by atomic mass is 9.77. The molecule has 0 saturated carbocycles. The molecule has 1 aromatic carbocycles. The molecule has 1 aliphatic rings. The molecule has 1 unspecified atom stereocenters. The normalized spacial score (nSPS) is 21.8. The fourth-order valence-electron chi connectivity index (χ4n) is 2.97. The lowest BCUT2D eigenvalue weighted by molar-refractivity contribution is 0.00578. The minimum Gasteiger partial charge on any atom is -0.399 e. The molecular weight excluding hydrogens is 259 g/mol. The fraction of sp³-hybridized carbons (Fsp3) is 0.667. The van der Waals surface area contributed by atoms with E-state index in [0.717, 1.165) is 5.46 Å². The van der Waals surface area contributed by atoms with Crippen LogP contribution < -0.4 is 5.46 Å². The van der Waals surface area contributed by atoms with Gasteiger partial charge in [-0.15, -0.1) is 0 Å². The first kappa shape index (κ1) is 16.6. The number of rotatable bonds is 4. The van der Waals surface area contributed by atoms with Crippen molar-refractivity contribution in [1.82, 2.24) is 0 Å². The molecule has 116 valence electrons. The maximum Gasteiger partial charge on any atom is 0.494 e. The highest BCUT2D eigenvalue weighted by Crippen LogP contribution is 2.36. The van der Waals surface area contributed by atoms with E-state index < -0.39 is 0 Å². The summed E-state index contributed by atoms with van der Waals surface area (Å²) >= 11 is 0. The third-order valence-corrected chi connectivity index (χ3v) is 5.13. The van der Waals surface area contributed by atoms with Crippen LogP contribution in [0, 0.1) is 5.92 Å². The predicted octanol–water partition coefficient (Wildman–Crippen LogP) is 4.14. The average molecular weight is 288 g/mol. The van der Waals surface area contributed by atoms with E-state index >= 15 is 0 Å². The molecule has 21 heavy (non-hydrogen) atoms. The highest BCUT2D eigenvalue weighted by Gasteiger charge is 2.51. The van der Waals surface area contributed by atoms with Gasteiger partial charge >= 0.3 is 7.12 Å². The summed E-state index contributed by atoms with van der Waals surface area (Å²) in [5.74, 6) is 1.29. The SMILES string of the molecule is CCC(c1ccc(B2OC(C)(C)C(C)(C)O2)cc1)C(C)C.